The molecule has 9 nitrogen and oxygen atoms in total. The first-order valence-electron chi connectivity index (χ1n) is 9.67. The number of nitrogens with one attached hydrogen (secondary N) is 3. The Morgan fingerprint density at radius 3 is 2.41 bits per heavy atom. The number of ether oxygens (including phenoxy) is 1. The van der Waals surface area contributed by atoms with E-state index in [4.69, 9.17) is 4.74 Å². The minimum absolute atomic E-state index is 0.222. The Bertz CT molecular complexity index is 1130. The summed E-state index contributed by atoms with van der Waals surface area (Å²) in [5.74, 6) is -1.56. The molecule has 1 heterocycles. The number of carbonyl (C=O) groups is 3. The molecule has 3 aromatic rings. The molecule has 0 bridgehead atoms. The number of halogens is 1. The minimum atomic E-state index is -0.806. The van der Waals surface area contributed by atoms with E-state index in [-0.39, 0.29) is 6.42 Å². The highest BCUT2D eigenvalue weighted by Gasteiger charge is 2.23. The first-order chi connectivity index (χ1) is 15.1. The van der Waals surface area contributed by atoms with Crippen LogP contribution >= 0.6 is 11.7 Å². The van der Waals surface area contributed by atoms with Gasteiger partial charge in [-0.15, -0.1) is 0 Å². The fourth-order valence-electron chi connectivity index (χ4n) is 2.76. The van der Waals surface area contributed by atoms with Gasteiger partial charge in [0.15, 0.2) is 0 Å². The average Bonchev–Trinajstić information content (AvgIpc) is 3.18. The summed E-state index contributed by atoms with van der Waals surface area (Å²) in [6.45, 7) is 5.13. The largest absolute Gasteiger partial charge is 0.444 e. The molecule has 168 valence electrons. The van der Waals surface area contributed by atoms with Crippen molar-refractivity contribution in [2.45, 2.75) is 38.8 Å². The van der Waals surface area contributed by atoms with E-state index in [9.17, 15) is 18.8 Å². The molecule has 0 radical (unpaired) electrons. The fraction of sp³-hybridized carbons (Fsp3) is 0.286. The summed E-state index contributed by atoms with van der Waals surface area (Å²) in [6, 6.07) is 9.35. The van der Waals surface area contributed by atoms with Crippen LogP contribution in [0.4, 0.5) is 9.18 Å². The lowest BCUT2D eigenvalue weighted by atomic mass is 10.0. The Hall–Kier alpha value is -3.60. The van der Waals surface area contributed by atoms with Gasteiger partial charge in [-0.3, -0.25) is 20.4 Å². The van der Waals surface area contributed by atoms with Gasteiger partial charge in [0.05, 0.1) is 24.2 Å². The van der Waals surface area contributed by atoms with Gasteiger partial charge in [-0.1, -0.05) is 12.1 Å². The lowest BCUT2D eigenvalue weighted by molar-refractivity contribution is -0.122. The number of fused-ring (bicyclic) bond motifs is 1. The van der Waals surface area contributed by atoms with Crippen molar-refractivity contribution in [1.29, 1.82) is 0 Å². The summed E-state index contributed by atoms with van der Waals surface area (Å²) in [5, 5.41) is 2.61. The Labute approximate surface area is 187 Å². The molecule has 0 aliphatic rings. The molecular weight excluding hydrogens is 437 g/mol. The molecule has 11 heteroatoms. The van der Waals surface area contributed by atoms with E-state index < -0.39 is 35.4 Å². The summed E-state index contributed by atoms with van der Waals surface area (Å²) in [7, 11) is 0. The standard InChI is InChI=1S/C21H22FN5O4S/c1-21(2,3)31-20(30)23-16(12-4-7-14(22)8-5-12)11-18(28)24-25-19(29)13-6-9-15-17(10-13)27-32-26-15/h4-10,16H,11H2,1-3H3,(H,23,30)(H,24,28)(H,25,29). The molecule has 3 amide bonds. The molecule has 0 fully saturated rings. The maximum absolute atomic E-state index is 13.3. The number of carbonyl (C=O) groups excluding carboxylic acids is 3. The molecule has 1 aromatic heterocycles. The van der Waals surface area contributed by atoms with Crippen LogP contribution < -0.4 is 16.2 Å². The van der Waals surface area contributed by atoms with E-state index in [2.05, 4.69) is 24.9 Å². The van der Waals surface area contributed by atoms with Crippen molar-refractivity contribution in [2.75, 3.05) is 0 Å². The number of benzene rings is 2. The van der Waals surface area contributed by atoms with Gasteiger partial charge >= 0.3 is 6.09 Å². The molecule has 0 saturated carbocycles. The topological polar surface area (TPSA) is 122 Å². The summed E-state index contributed by atoms with van der Waals surface area (Å²) < 4.78 is 26.7. The summed E-state index contributed by atoms with van der Waals surface area (Å²) in [4.78, 5) is 37.0. The zero-order valence-electron chi connectivity index (χ0n) is 17.6. The first kappa shape index (κ1) is 23.1. The number of rotatable bonds is 5. The molecule has 0 aliphatic carbocycles. The highest BCUT2D eigenvalue weighted by Crippen LogP contribution is 2.19. The van der Waals surface area contributed by atoms with Crippen molar-refractivity contribution in [3.05, 3.63) is 59.4 Å². The number of alkyl carbamates (subject to hydrolysis) is 1. The van der Waals surface area contributed by atoms with Gasteiger partial charge < -0.3 is 10.1 Å². The zero-order valence-corrected chi connectivity index (χ0v) is 18.5. The quantitative estimate of drug-likeness (QED) is 0.504. The third-order valence-corrected chi connectivity index (χ3v) is 4.74. The van der Waals surface area contributed by atoms with Crippen LogP contribution in [0.15, 0.2) is 42.5 Å². The monoisotopic (exact) mass is 459 g/mol. The number of hydrazine groups is 1. The molecule has 3 N–H and O–H groups in total. The summed E-state index contributed by atoms with van der Waals surface area (Å²) in [5.41, 5.74) is 5.96. The normalized spacial score (nSPS) is 12.1. The lowest BCUT2D eigenvalue weighted by Crippen LogP contribution is -2.44. The van der Waals surface area contributed by atoms with Crippen molar-refractivity contribution < 1.29 is 23.5 Å². The Kier molecular flexibility index (Phi) is 6.98. The van der Waals surface area contributed by atoms with Gasteiger partial charge in [0.1, 0.15) is 22.5 Å². The van der Waals surface area contributed by atoms with Gasteiger partial charge in [0.2, 0.25) is 5.91 Å². The van der Waals surface area contributed by atoms with Crippen LogP contribution in [0.2, 0.25) is 0 Å². The SMILES string of the molecule is CC(C)(C)OC(=O)NC(CC(=O)NNC(=O)c1ccc2nsnc2c1)c1ccc(F)cc1. The minimum Gasteiger partial charge on any atom is -0.444 e. The predicted octanol–water partition coefficient (Wildman–Crippen LogP) is 3.25. The molecule has 2 aromatic carbocycles. The average molecular weight is 460 g/mol. The van der Waals surface area contributed by atoms with Crippen LogP contribution in [0, 0.1) is 5.82 Å². The zero-order chi connectivity index (χ0) is 23.3. The van der Waals surface area contributed by atoms with E-state index in [1.54, 1.807) is 39.0 Å². The van der Waals surface area contributed by atoms with E-state index >= 15 is 0 Å². The second kappa shape index (κ2) is 9.69. The Morgan fingerprint density at radius 1 is 1.03 bits per heavy atom. The van der Waals surface area contributed by atoms with E-state index in [1.807, 2.05) is 0 Å². The molecule has 0 spiro atoms. The molecular formula is C21H22FN5O4S. The molecule has 0 saturated heterocycles. The predicted molar refractivity (Wildman–Crippen MR) is 116 cm³/mol. The lowest BCUT2D eigenvalue weighted by Gasteiger charge is -2.24. The third-order valence-electron chi connectivity index (χ3n) is 4.18. The maximum Gasteiger partial charge on any atom is 0.408 e. The van der Waals surface area contributed by atoms with Crippen molar-refractivity contribution in [2.24, 2.45) is 0 Å². The van der Waals surface area contributed by atoms with Crippen LogP contribution in [0.1, 0.15) is 49.2 Å². The van der Waals surface area contributed by atoms with Gasteiger partial charge in [-0.2, -0.15) is 8.75 Å². The van der Waals surface area contributed by atoms with Crippen LogP contribution in [0.25, 0.3) is 11.0 Å². The number of nitrogens with zero attached hydrogens (tertiary/aromatic N) is 2. The van der Waals surface area contributed by atoms with Crippen molar-refractivity contribution in [1.82, 2.24) is 24.9 Å². The number of hydrogen-bond donors (Lipinski definition) is 3. The number of hydrogen-bond acceptors (Lipinski definition) is 7. The molecule has 0 aliphatic heterocycles. The molecule has 1 unspecified atom stereocenters. The number of aromatic nitrogens is 2. The first-order valence-corrected chi connectivity index (χ1v) is 10.4. The van der Waals surface area contributed by atoms with Gasteiger partial charge in [0, 0.05) is 5.56 Å². The van der Waals surface area contributed by atoms with Gasteiger partial charge in [-0.25, -0.2) is 9.18 Å². The van der Waals surface area contributed by atoms with E-state index in [1.165, 1.54) is 24.3 Å². The van der Waals surface area contributed by atoms with E-state index in [0.717, 1.165) is 11.7 Å². The molecule has 1 atom stereocenters. The Morgan fingerprint density at radius 2 is 1.72 bits per heavy atom. The summed E-state index contributed by atoms with van der Waals surface area (Å²) in [6.07, 6.45) is -0.950. The maximum atomic E-state index is 13.3. The molecule has 3 rings (SSSR count). The van der Waals surface area contributed by atoms with Crippen molar-refractivity contribution in [3.63, 3.8) is 0 Å². The second-order valence-electron chi connectivity index (χ2n) is 7.92. The third kappa shape index (κ3) is 6.45. The van der Waals surface area contributed by atoms with Gasteiger partial charge in [-0.05, 0) is 56.7 Å². The highest BCUT2D eigenvalue weighted by molar-refractivity contribution is 7.00. The summed E-state index contributed by atoms with van der Waals surface area (Å²) >= 11 is 1.04. The second-order valence-corrected chi connectivity index (χ2v) is 8.45. The van der Waals surface area contributed by atoms with Crippen LogP contribution in [-0.2, 0) is 9.53 Å². The molecule has 32 heavy (non-hydrogen) atoms. The van der Waals surface area contributed by atoms with Crippen molar-refractivity contribution >= 4 is 40.7 Å². The van der Waals surface area contributed by atoms with Crippen LogP contribution in [0.5, 0.6) is 0 Å². The van der Waals surface area contributed by atoms with Crippen molar-refractivity contribution in [3.8, 4) is 0 Å². The van der Waals surface area contributed by atoms with Crippen LogP contribution in [0.3, 0.4) is 0 Å². The number of amides is 3. The highest BCUT2D eigenvalue weighted by atomic mass is 32.1. The van der Waals surface area contributed by atoms with Gasteiger partial charge in [0.25, 0.3) is 5.91 Å². The van der Waals surface area contributed by atoms with E-state index in [0.29, 0.717) is 22.2 Å². The smallest absolute Gasteiger partial charge is 0.408 e. The Balaban J connectivity index is 1.63. The van der Waals surface area contributed by atoms with Crippen LogP contribution in [-0.4, -0.2) is 32.3 Å². The fourth-order valence-corrected chi connectivity index (χ4v) is 3.27.